The van der Waals surface area contributed by atoms with Gasteiger partial charge in [0.2, 0.25) is 5.91 Å². The summed E-state index contributed by atoms with van der Waals surface area (Å²) in [6, 6.07) is 20.9. The second-order valence-electron chi connectivity index (χ2n) is 5.51. The largest absolute Gasteiger partial charge is 0.338 e. The zero-order chi connectivity index (χ0) is 14.7. The Balaban J connectivity index is 1.91. The molecule has 0 spiro atoms. The Morgan fingerprint density at radius 2 is 1.52 bits per heavy atom. The van der Waals surface area contributed by atoms with Crippen molar-refractivity contribution in [1.82, 2.24) is 10.2 Å². The van der Waals surface area contributed by atoms with Crippen LogP contribution in [0.3, 0.4) is 0 Å². The molecule has 1 saturated heterocycles. The molecule has 3 nitrogen and oxygen atoms in total. The van der Waals surface area contributed by atoms with E-state index in [1.54, 1.807) is 0 Å². The maximum atomic E-state index is 12.2. The molecule has 1 aliphatic heterocycles. The predicted molar refractivity (Wildman–Crippen MR) is 83.8 cm³/mol. The SMILES string of the molecule is CN1C(=O)CN[C@@H](c2ccccc2)C[C@H]1c1ccccc1. The fraction of sp³-hybridized carbons (Fsp3) is 0.278. The van der Waals surface area contributed by atoms with Gasteiger partial charge in [0.1, 0.15) is 0 Å². The number of rotatable bonds is 2. The molecule has 2 aromatic rings. The molecule has 3 rings (SSSR count). The smallest absolute Gasteiger partial charge is 0.236 e. The van der Waals surface area contributed by atoms with Gasteiger partial charge >= 0.3 is 0 Å². The number of amides is 1. The third-order valence-electron chi connectivity index (χ3n) is 4.21. The summed E-state index contributed by atoms with van der Waals surface area (Å²) in [5, 5.41) is 3.39. The third-order valence-corrected chi connectivity index (χ3v) is 4.21. The minimum atomic E-state index is 0.110. The molecule has 0 aromatic heterocycles. The molecule has 0 radical (unpaired) electrons. The fourth-order valence-corrected chi connectivity index (χ4v) is 2.95. The third kappa shape index (κ3) is 2.98. The minimum Gasteiger partial charge on any atom is -0.338 e. The van der Waals surface area contributed by atoms with E-state index in [4.69, 9.17) is 0 Å². The highest BCUT2D eigenvalue weighted by Crippen LogP contribution is 2.32. The molecule has 1 fully saturated rings. The van der Waals surface area contributed by atoms with Gasteiger partial charge in [-0.05, 0) is 17.5 Å². The Morgan fingerprint density at radius 3 is 2.14 bits per heavy atom. The van der Waals surface area contributed by atoms with Crippen LogP contribution < -0.4 is 5.32 Å². The van der Waals surface area contributed by atoms with Gasteiger partial charge in [-0.2, -0.15) is 0 Å². The summed E-state index contributed by atoms with van der Waals surface area (Å²) in [6.07, 6.45) is 0.885. The molecule has 0 bridgehead atoms. The van der Waals surface area contributed by atoms with E-state index in [1.807, 2.05) is 48.3 Å². The van der Waals surface area contributed by atoms with Gasteiger partial charge in [-0.25, -0.2) is 0 Å². The number of carbonyl (C=O) groups excluding carboxylic acids is 1. The molecular formula is C18H20N2O. The van der Waals surface area contributed by atoms with E-state index < -0.39 is 0 Å². The van der Waals surface area contributed by atoms with Gasteiger partial charge in [-0.15, -0.1) is 0 Å². The Bertz CT molecular complexity index is 597. The first kappa shape index (κ1) is 13.8. The highest BCUT2D eigenvalue weighted by Gasteiger charge is 2.29. The summed E-state index contributed by atoms with van der Waals surface area (Å²) in [5.74, 6) is 0.141. The normalized spacial score (nSPS) is 22.9. The summed E-state index contributed by atoms with van der Waals surface area (Å²) in [6.45, 7) is 0.388. The van der Waals surface area contributed by atoms with Crippen LogP contribution in [0.2, 0.25) is 0 Å². The van der Waals surface area contributed by atoms with E-state index in [0.29, 0.717) is 6.54 Å². The summed E-state index contributed by atoms with van der Waals surface area (Å²) in [7, 11) is 1.90. The maximum Gasteiger partial charge on any atom is 0.236 e. The summed E-state index contributed by atoms with van der Waals surface area (Å²) < 4.78 is 0. The van der Waals surface area contributed by atoms with Crippen LogP contribution in [0, 0.1) is 0 Å². The Labute approximate surface area is 125 Å². The van der Waals surface area contributed by atoms with Crippen molar-refractivity contribution in [1.29, 1.82) is 0 Å². The lowest BCUT2D eigenvalue weighted by atomic mass is 9.94. The monoisotopic (exact) mass is 280 g/mol. The highest BCUT2D eigenvalue weighted by atomic mass is 16.2. The summed E-state index contributed by atoms with van der Waals surface area (Å²) >= 11 is 0. The molecule has 1 amide bonds. The second-order valence-corrected chi connectivity index (χ2v) is 5.51. The van der Waals surface area contributed by atoms with Gasteiger partial charge < -0.3 is 10.2 Å². The van der Waals surface area contributed by atoms with Crippen LogP contribution in [0.4, 0.5) is 0 Å². The van der Waals surface area contributed by atoms with Gasteiger partial charge in [-0.1, -0.05) is 60.7 Å². The van der Waals surface area contributed by atoms with E-state index in [-0.39, 0.29) is 18.0 Å². The van der Waals surface area contributed by atoms with Gasteiger partial charge in [0, 0.05) is 13.1 Å². The summed E-state index contributed by atoms with van der Waals surface area (Å²) in [4.78, 5) is 14.1. The Kier molecular flexibility index (Phi) is 4.02. The van der Waals surface area contributed by atoms with E-state index in [0.717, 1.165) is 6.42 Å². The van der Waals surface area contributed by atoms with Gasteiger partial charge in [0.05, 0.1) is 12.6 Å². The van der Waals surface area contributed by atoms with Crippen molar-refractivity contribution in [2.75, 3.05) is 13.6 Å². The number of hydrogen-bond acceptors (Lipinski definition) is 2. The predicted octanol–water partition coefficient (Wildman–Crippen LogP) is 2.92. The topological polar surface area (TPSA) is 32.3 Å². The quantitative estimate of drug-likeness (QED) is 0.917. The molecule has 3 heteroatoms. The Morgan fingerprint density at radius 1 is 0.952 bits per heavy atom. The number of likely N-dealkylation sites (N-methyl/N-ethyl adjacent to an activating group) is 1. The van der Waals surface area contributed by atoms with E-state index in [9.17, 15) is 4.79 Å². The van der Waals surface area contributed by atoms with Crippen LogP contribution in [0.5, 0.6) is 0 Å². The number of nitrogens with zero attached hydrogens (tertiary/aromatic N) is 1. The summed E-state index contributed by atoms with van der Waals surface area (Å²) in [5.41, 5.74) is 2.43. The second kappa shape index (κ2) is 6.10. The lowest BCUT2D eigenvalue weighted by molar-refractivity contribution is -0.130. The molecule has 2 atom stereocenters. The molecule has 21 heavy (non-hydrogen) atoms. The maximum absolute atomic E-state index is 12.2. The van der Waals surface area contributed by atoms with Gasteiger partial charge in [0.25, 0.3) is 0 Å². The van der Waals surface area contributed by atoms with Crippen LogP contribution in [-0.2, 0) is 4.79 Å². The standard InChI is InChI=1S/C18H20N2O/c1-20-17(15-10-6-3-7-11-15)12-16(19-13-18(20)21)14-8-4-2-5-9-14/h2-11,16-17,19H,12-13H2,1H3/t16-,17+/m1/s1. The molecule has 0 unspecified atom stereocenters. The molecule has 1 N–H and O–H groups in total. The first-order valence-electron chi connectivity index (χ1n) is 7.34. The number of benzene rings is 2. The van der Waals surface area contributed by atoms with Crippen molar-refractivity contribution >= 4 is 5.91 Å². The first-order chi connectivity index (χ1) is 10.3. The number of hydrogen-bond donors (Lipinski definition) is 1. The number of nitrogens with one attached hydrogen (secondary N) is 1. The zero-order valence-electron chi connectivity index (χ0n) is 12.2. The molecule has 1 aliphatic rings. The van der Waals surface area contributed by atoms with Crippen LogP contribution >= 0.6 is 0 Å². The van der Waals surface area contributed by atoms with Gasteiger partial charge in [0.15, 0.2) is 0 Å². The van der Waals surface area contributed by atoms with Crippen molar-refractivity contribution in [2.45, 2.75) is 18.5 Å². The van der Waals surface area contributed by atoms with Crippen molar-refractivity contribution in [3.63, 3.8) is 0 Å². The van der Waals surface area contributed by atoms with Crippen LogP contribution in [0.15, 0.2) is 60.7 Å². The average Bonchev–Trinajstić information content (AvgIpc) is 2.69. The minimum absolute atomic E-state index is 0.110. The number of carbonyl (C=O) groups is 1. The molecule has 108 valence electrons. The van der Waals surface area contributed by atoms with E-state index >= 15 is 0 Å². The molecule has 0 saturated carbocycles. The first-order valence-corrected chi connectivity index (χ1v) is 7.34. The molecular weight excluding hydrogens is 260 g/mol. The van der Waals surface area contributed by atoms with E-state index in [1.165, 1.54) is 11.1 Å². The van der Waals surface area contributed by atoms with Crippen LogP contribution in [0.25, 0.3) is 0 Å². The zero-order valence-corrected chi connectivity index (χ0v) is 12.2. The fourth-order valence-electron chi connectivity index (χ4n) is 2.95. The lowest BCUT2D eigenvalue weighted by Gasteiger charge is -2.28. The van der Waals surface area contributed by atoms with Crippen molar-refractivity contribution in [2.24, 2.45) is 0 Å². The van der Waals surface area contributed by atoms with E-state index in [2.05, 4.69) is 29.6 Å². The van der Waals surface area contributed by atoms with Crippen molar-refractivity contribution < 1.29 is 4.79 Å². The van der Waals surface area contributed by atoms with Crippen LogP contribution in [-0.4, -0.2) is 24.4 Å². The molecule has 1 heterocycles. The lowest BCUT2D eigenvalue weighted by Crippen LogP contribution is -2.33. The highest BCUT2D eigenvalue weighted by molar-refractivity contribution is 5.79. The van der Waals surface area contributed by atoms with Crippen molar-refractivity contribution in [3.8, 4) is 0 Å². The average molecular weight is 280 g/mol. The molecule has 0 aliphatic carbocycles. The van der Waals surface area contributed by atoms with Gasteiger partial charge in [-0.3, -0.25) is 4.79 Å². The molecule has 2 aromatic carbocycles. The Hall–Kier alpha value is -2.13. The van der Waals surface area contributed by atoms with Crippen molar-refractivity contribution in [3.05, 3.63) is 71.8 Å². The van der Waals surface area contributed by atoms with Crippen LogP contribution in [0.1, 0.15) is 29.6 Å².